The van der Waals surface area contributed by atoms with Crippen LogP contribution in [-0.4, -0.2) is 14.8 Å². The van der Waals surface area contributed by atoms with Gasteiger partial charge in [-0.15, -0.1) is 0 Å². The van der Waals surface area contributed by atoms with Crippen LogP contribution in [0.3, 0.4) is 0 Å². The summed E-state index contributed by atoms with van der Waals surface area (Å²) >= 11 is 0. The maximum atomic E-state index is 6.25. The molecule has 4 rings (SSSR count). The van der Waals surface area contributed by atoms with Gasteiger partial charge in [0.2, 0.25) is 0 Å². The SMILES string of the molecule is C.C=C(NCc1ccnn1C)c1cccc(Oc2ccnc(C3=CCCCC3)c2)c1C.CC.CC.[HH]. The van der Waals surface area contributed by atoms with Gasteiger partial charge in [0.1, 0.15) is 11.5 Å². The van der Waals surface area contributed by atoms with E-state index >= 15 is 0 Å². The predicted molar refractivity (Wildman–Crippen MR) is 153 cm³/mol. The Bertz CT molecular complexity index is 1090. The van der Waals surface area contributed by atoms with Crippen LogP contribution in [0.15, 0.2) is 61.4 Å². The van der Waals surface area contributed by atoms with Crippen molar-refractivity contribution in [3.05, 3.63) is 84.0 Å². The molecule has 5 heteroatoms. The highest BCUT2D eigenvalue weighted by Crippen LogP contribution is 2.32. The monoisotopic (exact) mass is 478 g/mol. The molecule has 5 nitrogen and oxygen atoms in total. The predicted octanol–water partition coefficient (Wildman–Crippen LogP) is 8.57. The standard InChI is InChI=1S/C25H28N4O.2C2H6.CH4.H2/c1-18-23(19(2)27-17-21-12-15-28-29(21)3)10-7-11-25(18)30-22-13-14-26-24(16-22)20-8-5-4-6-9-20;2*1-2;;/h7-8,10-16,27H,2,4-6,9,17H2,1,3H3;2*1-2H3;1H4;1H. The zero-order valence-corrected chi connectivity index (χ0v) is 21.7. The molecule has 192 valence electrons. The summed E-state index contributed by atoms with van der Waals surface area (Å²) in [5.74, 6) is 1.63. The van der Waals surface area contributed by atoms with Crippen molar-refractivity contribution in [1.29, 1.82) is 0 Å². The Morgan fingerprint density at radius 3 is 2.54 bits per heavy atom. The lowest BCUT2D eigenvalue weighted by molar-refractivity contribution is 0.477. The van der Waals surface area contributed by atoms with Gasteiger partial charge in [0.05, 0.1) is 17.9 Å². The molecule has 0 amide bonds. The lowest BCUT2D eigenvalue weighted by Crippen LogP contribution is -2.14. The largest absolute Gasteiger partial charge is 0.457 e. The lowest BCUT2D eigenvalue weighted by Gasteiger charge is -2.16. The maximum absolute atomic E-state index is 6.25. The molecular weight excluding hydrogens is 432 g/mol. The van der Waals surface area contributed by atoms with Gasteiger partial charge in [-0.3, -0.25) is 9.67 Å². The van der Waals surface area contributed by atoms with E-state index in [9.17, 15) is 0 Å². The number of nitrogens with one attached hydrogen (secondary N) is 1. The molecule has 2 heterocycles. The molecule has 0 spiro atoms. The molecule has 0 fully saturated rings. The van der Waals surface area contributed by atoms with E-state index in [1.807, 2.05) is 76.0 Å². The fraction of sp³-hybridized carbons (Fsp3) is 0.400. The Morgan fingerprint density at radius 1 is 1.11 bits per heavy atom. The normalized spacial score (nSPS) is 12.0. The summed E-state index contributed by atoms with van der Waals surface area (Å²) in [4.78, 5) is 4.55. The van der Waals surface area contributed by atoms with Crippen molar-refractivity contribution in [3.8, 4) is 11.5 Å². The summed E-state index contributed by atoms with van der Waals surface area (Å²) in [6, 6.07) is 12.0. The molecule has 0 atom stereocenters. The second-order valence-corrected chi connectivity index (χ2v) is 7.66. The van der Waals surface area contributed by atoms with Crippen molar-refractivity contribution in [3.63, 3.8) is 0 Å². The van der Waals surface area contributed by atoms with Crippen molar-refractivity contribution < 1.29 is 6.16 Å². The van der Waals surface area contributed by atoms with Crippen LogP contribution in [0.1, 0.15) is 84.7 Å². The molecule has 0 unspecified atom stereocenters. The number of aromatic nitrogens is 3. The number of rotatable bonds is 7. The van der Waals surface area contributed by atoms with Crippen molar-refractivity contribution in [2.75, 3.05) is 0 Å². The van der Waals surface area contributed by atoms with Gasteiger partial charge < -0.3 is 10.1 Å². The van der Waals surface area contributed by atoms with E-state index in [0.29, 0.717) is 6.54 Å². The summed E-state index contributed by atoms with van der Waals surface area (Å²) in [5.41, 5.74) is 6.40. The summed E-state index contributed by atoms with van der Waals surface area (Å²) < 4.78 is 8.11. The van der Waals surface area contributed by atoms with Crippen LogP contribution in [0.25, 0.3) is 11.3 Å². The first-order chi connectivity index (χ1) is 16.6. The van der Waals surface area contributed by atoms with Crippen LogP contribution < -0.4 is 10.1 Å². The zero-order chi connectivity index (χ0) is 24.9. The zero-order valence-electron chi connectivity index (χ0n) is 21.7. The molecule has 2 aromatic heterocycles. The van der Waals surface area contributed by atoms with Gasteiger partial charge >= 0.3 is 0 Å². The molecule has 35 heavy (non-hydrogen) atoms. The Morgan fingerprint density at radius 2 is 1.89 bits per heavy atom. The fourth-order valence-electron chi connectivity index (χ4n) is 3.77. The highest BCUT2D eigenvalue weighted by molar-refractivity contribution is 5.67. The molecule has 0 aliphatic heterocycles. The van der Waals surface area contributed by atoms with Gasteiger partial charge in [-0.25, -0.2) is 0 Å². The van der Waals surface area contributed by atoms with Crippen LogP contribution in [0.5, 0.6) is 11.5 Å². The van der Waals surface area contributed by atoms with E-state index in [-0.39, 0.29) is 8.85 Å². The summed E-state index contributed by atoms with van der Waals surface area (Å²) in [7, 11) is 1.94. The minimum Gasteiger partial charge on any atom is -0.457 e. The van der Waals surface area contributed by atoms with Crippen molar-refractivity contribution >= 4 is 11.3 Å². The minimum atomic E-state index is 0. The van der Waals surface area contributed by atoms with Crippen LogP contribution >= 0.6 is 0 Å². The number of ether oxygens (including phenoxy) is 1. The lowest BCUT2D eigenvalue weighted by atomic mass is 9.97. The van der Waals surface area contributed by atoms with Gasteiger partial charge in [0.15, 0.2) is 0 Å². The van der Waals surface area contributed by atoms with Crippen molar-refractivity contribution in [1.82, 2.24) is 20.1 Å². The van der Waals surface area contributed by atoms with E-state index < -0.39 is 0 Å². The molecule has 1 aliphatic carbocycles. The fourth-order valence-corrected chi connectivity index (χ4v) is 3.77. The average Bonchev–Trinajstić information content (AvgIpc) is 3.31. The molecule has 3 aromatic rings. The molecule has 0 radical (unpaired) electrons. The minimum absolute atomic E-state index is 0. The van der Waals surface area contributed by atoms with Gasteiger partial charge in [-0.05, 0) is 56.4 Å². The Hall–Kier alpha value is -3.34. The second kappa shape index (κ2) is 15.5. The second-order valence-electron chi connectivity index (χ2n) is 7.66. The first-order valence-electron chi connectivity index (χ1n) is 12.4. The summed E-state index contributed by atoms with van der Waals surface area (Å²) in [6.45, 7) is 15.0. The van der Waals surface area contributed by atoms with Gasteiger partial charge in [0, 0.05) is 43.8 Å². The van der Waals surface area contributed by atoms with Crippen molar-refractivity contribution in [2.45, 2.75) is 74.3 Å². The van der Waals surface area contributed by atoms with Gasteiger partial charge in [-0.2, -0.15) is 5.10 Å². The highest BCUT2D eigenvalue weighted by atomic mass is 16.5. The molecule has 0 bridgehead atoms. The Labute approximate surface area is 214 Å². The number of aryl methyl sites for hydroxylation is 1. The molecule has 0 saturated heterocycles. The maximum Gasteiger partial charge on any atom is 0.131 e. The Balaban J connectivity index is 0.00000195. The van der Waals surface area contributed by atoms with Crippen molar-refractivity contribution in [2.24, 2.45) is 7.05 Å². The topological polar surface area (TPSA) is 52.0 Å². The van der Waals surface area contributed by atoms with Crippen LogP contribution in [0, 0.1) is 6.92 Å². The third-order valence-corrected chi connectivity index (χ3v) is 5.59. The molecular formula is C30H46N4O. The number of benzene rings is 1. The molecule has 1 aliphatic rings. The van der Waals surface area contributed by atoms with E-state index in [4.69, 9.17) is 4.74 Å². The van der Waals surface area contributed by atoms with Crippen LogP contribution in [-0.2, 0) is 13.6 Å². The van der Waals surface area contributed by atoms with E-state index in [0.717, 1.165) is 52.6 Å². The first-order valence-corrected chi connectivity index (χ1v) is 12.4. The third kappa shape index (κ3) is 8.13. The molecule has 0 saturated carbocycles. The van der Waals surface area contributed by atoms with E-state index in [2.05, 4.69) is 41.0 Å². The number of hydrogen-bond acceptors (Lipinski definition) is 4. The number of allylic oxidation sites excluding steroid dienone is 2. The number of hydrogen-bond donors (Lipinski definition) is 1. The third-order valence-electron chi connectivity index (χ3n) is 5.59. The molecule has 1 N–H and O–H groups in total. The first kappa shape index (κ1) is 29.7. The van der Waals surface area contributed by atoms with Crippen LogP contribution in [0.4, 0.5) is 0 Å². The quantitative estimate of drug-likeness (QED) is 0.369. The van der Waals surface area contributed by atoms with E-state index in [1.54, 1.807) is 6.20 Å². The highest BCUT2D eigenvalue weighted by Gasteiger charge is 2.12. The Kier molecular flexibility index (Phi) is 13.2. The number of nitrogens with zero attached hydrogens (tertiary/aromatic N) is 3. The van der Waals surface area contributed by atoms with E-state index in [1.165, 1.54) is 18.4 Å². The van der Waals surface area contributed by atoms with Crippen LogP contribution in [0.2, 0.25) is 0 Å². The average molecular weight is 479 g/mol. The van der Waals surface area contributed by atoms with Gasteiger partial charge in [0.25, 0.3) is 0 Å². The van der Waals surface area contributed by atoms with Gasteiger partial charge in [-0.1, -0.05) is 59.9 Å². The smallest absolute Gasteiger partial charge is 0.131 e. The molecule has 1 aromatic carbocycles. The summed E-state index contributed by atoms with van der Waals surface area (Å²) in [5, 5.41) is 7.60. The summed E-state index contributed by atoms with van der Waals surface area (Å²) in [6.07, 6.45) is 10.7. The number of pyridine rings is 1.